The Kier molecular flexibility index (Phi) is 23.5. The van der Waals surface area contributed by atoms with Gasteiger partial charge in [0.15, 0.2) is 5.78 Å². The van der Waals surface area contributed by atoms with Crippen LogP contribution in [0, 0.1) is 6.92 Å². The molecule has 0 bridgehead atoms. The van der Waals surface area contributed by atoms with Crippen LogP contribution in [-0.2, 0) is 33.4 Å². The maximum Gasteiger partial charge on any atom is 0.207 e. The lowest BCUT2D eigenvalue weighted by molar-refractivity contribution is -0.122. The molecule has 0 unspecified atom stereocenters. The summed E-state index contributed by atoms with van der Waals surface area (Å²) in [5.41, 5.74) is 2.54. The second kappa shape index (κ2) is 25.5. The summed E-state index contributed by atoms with van der Waals surface area (Å²) in [6, 6.07) is 7.63. The topological polar surface area (TPSA) is 151 Å². The second-order valence-corrected chi connectivity index (χ2v) is 10.3. The maximum atomic E-state index is 11.4. The molecule has 2 aromatic rings. The van der Waals surface area contributed by atoms with Gasteiger partial charge in [-0.05, 0) is 26.0 Å². The first-order valence-electron chi connectivity index (χ1n) is 16.0. The summed E-state index contributed by atoms with van der Waals surface area (Å²) in [7, 11) is 0. The number of aryl methyl sites for hydroxylation is 1. The van der Waals surface area contributed by atoms with E-state index in [4.69, 9.17) is 14.2 Å². The molecule has 2 rings (SSSR count). The summed E-state index contributed by atoms with van der Waals surface area (Å²) in [4.78, 5) is 64.7. The Bertz CT molecular complexity index is 1140. The molecule has 0 fully saturated rings. The summed E-state index contributed by atoms with van der Waals surface area (Å²) in [6.07, 6.45) is 6.31. The van der Waals surface area contributed by atoms with E-state index in [0.717, 1.165) is 16.8 Å². The van der Waals surface area contributed by atoms with Crippen LogP contribution in [0.4, 0.5) is 0 Å². The standard InChI is InChI=1S/C19H33NO7.C14H14N2O.C2H6/c1-4-17(23)7-10-26-13-19(20-15-21,12-25-9-6-16(3)22)14-27-11-8-18(24)5-2;1-3-14(17)13-7-6-12(9-16-13)11-5-4-10(2)15-8-11;1-2/h15H,4-14H2,1-3H3,(H,20,21);4-9H,3H2,1-2H3;1-2H3. The minimum atomic E-state index is -0.955. The summed E-state index contributed by atoms with van der Waals surface area (Å²) in [5, 5.41) is 2.68. The summed E-state index contributed by atoms with van der Waals surface area (Å²) in [5.74, 6) is 0.262. The lowest BCUT2D eigenvalue weighted by atomic mass is 10.0. The Morgan fingerprint density at radius 2 is 1.22 bits per heavy atom. The fourth-order valence-corrected chi connectivity index (χ4v) is 3.67. The van der Waals surface area contributed by atoms with Crippen molar-refractivity contribution in [3.63, 3.8) is 0 Å². The Balaban J connectivity index is 0.000000905. The van der Waals surface area contributed by atoms with Crippen molar-refractivity contribution in [1.82, 2.24) is 15.3 Å². The number of pyridine rings is 2. The van der Waals surface area contributed by atoms with Gasteiger partial charge in [0.1, 0.15) is 28.6 Å². The highest BCUT2D eigenvalue weighted by Gasteiger charge is 2.31. The zero-order valence-electron chi connectivity index (χ0n) is 28.7. The molecule has 0 spiro atoms. The van der Waals surface area contributed by atoms with Crippen molar-refractivity contribution in [1.29, 1.82) is 0 Å². The quantitative estimate of drug-likeness (QED) is 0.102. The Labute approximate surface area is 274 Å². The van der Waals surface area contributed by atoms with E-state index in [1.54, 1.807) is 26.1 Å². The van der Waals surface area contributed by atoms with Crippen LogP contribution in [0.2, 0.25) is 0 Å². The van der Waals surface area contributed by atoms with Crippen molar-refractivity contribution in [2.24, 2.45) is 0 Å². The van der Waals surface area contributed by atoms with Gasteiger partial charge in [0.25, 0.3) is 0 Å². The van der Waals surface area contributed by atoms with Gasteiger partial charge in [0.2, 0.25) is 6.41 Å². The molecule has 0 aliphatic rings. The lowest BCUT2D eigenvalue weighted by Gasteiger charge is -2.32. The smallest absolute Gasteiger partial charge is 0.207 e. The maximum absolute atomic E-state index is 11.4. The Morgan fingerprint density at radius 1 is 0.739 bits per heavy atom. The molecule has 0 saturated heterocycles. The first kappa shape index (κ1) is 42.3. The molecule has 11 nitrogen and oxygen atoms in total. The number of nitrogens with zero attached hydrogens (tertiary/aromatic N) is 2. The monoisotopic (exact) mass is 643 g/mol. The molecular weight excluding hydrogens is 590 g/mol. The summed E-state index contributed by atoms with van der Waals surface area (Å²) in [6.45, 7) is 13.8. The molecule has 46 heavy (non-hydrogen) atoms. The third-order valence-electron chi connectivity index (χ3n) is 6.55. The Morgan fingerprint density at radius 3 is 1.59 bits per heavy atom. The van der Waals surface area contributed by atoms with Crippen LogP contribution in [0.3, 0.4) is 0 Å². The average molecular weight is 644 g/mol. The average Bonchev–Trinajstić information content (AvgIpc) is 3.08. The number of ketones is 4. The van der Waals surface area contributed by atoms with Gasteiger partial charge >= 0.3 is 0 Å². The Hall–Kier alpha value is -3.67. The van der Waals surface area contributed by atoms with Crippen molar-refractivity contribution >= 4 is 29.5 Å². The minimum absolute atomic E-state index is 0.00704. The fourth-order valence-electron chi connectivity index (χ4n) is 3.67. The second-order valence-electron chi connectivity index (χ2n) is 10.3. The van der Waals surface area contributed by atoms with E-state index in [1.165, 1.54) is 6.92 Å². The molecule has 0 radical (unpaired) electrons. The van der Waals surface area contributed by atoms with Crippen LogP contribution in [0.25, 0.3) is 11.1 Å². The highest BCUT2D eigenvalue weighted by molar-refractivity contribution is 5.94. The largest absolute Gasteiger partial charge is 0.378 e. The molecule has 11 heteroatoms. The predicted octanol–water partition coefficient (Wildman–Crippen LogP) is 5.31. The van der Waals surface area contributed by atoms with Crippen LogP contribution in [0.1, 0.15) is 96.2 Å². The number of hydrogen-bond acceptors (Lipinski definition) is 10. The molecule has 256 valence electrons. The van der Waals surface area contributed by atoms with Gasteiger partial charge in [-0.2, -0.15) is 0 Å². The molecule has 2 aromatic heterocycles. The van der Waals surface area contributed by atoms with Crippen molar-refractivity contribution < 1.29 is 38.2 Å². The first-order chi connectivity index (χ1) is 22.1. The number of carbonyl (C=O) groups excluding carboxylic acids is 5. The molecule has 0 atom stereocenters. The highest BCUT2D eigenvalue weighted by Crippen LogP contribution is 2.18. The number of Topliss-reactive ketones (excluding diaryl/α,β-unsaturated/α-hetero) is 4. The van der Waals surface area contributed by atoms with E-state index in [0.29, 0.717) is 44.2 Å². The number of rotatable bonds is 22. The van der Waals surface area contributed by atoms with E-state index >= 15 is 0 Å². The molecule has 0 aromatic carbocycles. The summed E-state index contributed by atoms with van der Waals surface area (Å²) < 4.78 is 16.7. The molecule has 0 aliphatic carbocycles. The van der Waals surface area contributed by atoms with E-state index in [2.05, 4.69) is 15.3 Å². The van der Waals surface area contributed by atoms with Crippen LogP contribution in [0.5, 0.6) is 0 Å². The van der Waals surface area contributed by atoms with Crippen LogP contribution in [0.15, 0.2) is 36.7 Å². The zero-order valence-corrected chi connectivity index (χ0v) is 28.7. The van der Waals surface area contributed by atoms with Crippen LogP contribution < -0.4 is 5.32 Å². The molecule has 0 aliphatic heterocycles. The van der Waals surface area contributed by atoms with Gasteiger partial charge < -0.3 is 19.5 Å². The van der Waals surface area contributed by atoms with Gasteiger partial charge in [-0.3, -0.25) is 33.9 Å². The van der Waals surface area contributed by atoms with Gasteiger partial charge in [0, 0.05) is 67.7 Å². The number of hydrogen-bond donors (Lipinski definition) is 1. The highest BCUT2D eigenvalue weighted by atomic mass is 16.5. The van der Waals surface area contributed by atoms with Crippen LogP contribution in [-0.4, -0.2) is 84.7 Å². The van der Waals surface area contributed by atoms with E-state index in [9.17, 15) is 24.0 Å². The minimum Gasteiger partial charge on any atom is -0.378 e. The molecule has 1 N–H and O–H groups in total. The number of amides is 1. The zero-order chi connectivity index (χ0) is 34.8. The molecule has 1 amide bonds. The van der Waals surface area contributed by atoms with Crippen molar-refractivity contribution in [2.45, 2.75) is 92.5 Å². The van der Waals surface area contributed by atoms with Gasteiger partial charge in [-0.1, -0.05) is 46.8 Å². The number of ether oxygens (including phenoxy) is 3. The van der Waals surface area contributed by atoms with E-state index in [-0.39, 0.29) is 69.2 Å². The fraction of sp³-hybridized carbons (Fsp3) is 0.571. The number of nitrogens with one attached hydrogen (secondary N) is 1. The van der Waals surface area contributed by atoms with Gasteiger partial charge in [-0.15, -0.1) is 0 Å². The van der Waals surface area contributed by atoms with Gasteiger partial charge in [0.05, 0.1) is 39.6 Å². The SMILES string of the molecule is CC.CCC(=O)CCOCC(COCCC(C)=O)(COCCC(=O)CC)NC=O.CCC(=O)c1ccc(-c2ccc(C)nc2)cn1. The third-order valence-corrected chi connectivity index (χ3v) is 6.55. The normalized spacial score (nSPS) is 10.5. The van der Waals surface area contributed by atoms with E-state index < -0.39 is 5.54 Å². The third kappa shape index (κ3) is 18.3. The predicted molar refractivity (Wildman–Crippen MR) is 178 cm³/mol. The van der Waals surface area contributed by atoms with Crippen molar-refractivity contribution in [3.05, 3.63) is 48.0 Å². The van der Waals surface area contributed by atoms with Crippen LogP contribution >= 0.6 is 0 Å². The molecule has 0 saturated carbocycles. The first-order valence-corrected chi connectivity index (χ1v) is 16.0. The molecular formula is C35H53N3O8. The van der Waals surface area contributed by atoms with Gasteiger partial charge in [-0.25, -0.2) is 0 Å². The molecule has 2 heterocycles. The van der Waals surface area contributed by atoms with Crippen molar-refractivity contribution in [3.8, 4) is 11.1 Å². The van der Waals surface area contributed by atoms with Crippen molar-refractivity contribution in [2.75, 3.05) is 39.6 Å². The lowest BCUT2D eigenvalue weighted by Crippen LogP contribution is -2.56. The number of carbonyl (C=O) groups is 5. The van der Waals surface area contributed by atoms with E-state index in [1.807, 2.05) is 52.1 Å². The number of aromatic nitrogens is 2. The summed E-state index contributed by atoms with van der Waals surface area (Å²) >= 11 is 0.